The number of alkyl halides is 3. The highest BCUT2D eigenvalue weighted by Crippen LogP contribution is 2.47. The van der Waals surface area contributed by atoms with Crippen molar-refractivity contribution in [2.24, 2.45) is 5.41 Å². The molecule has 0 saturated carbocycles. The van der Waals surface area contributed by atoms with Crippen LogP contribution in [0.1, 0.15) is 41.5 Å². The number of rotatable bonds is 6. The van der Waals surface area contributed by atoms with Gasteiger partial charge in [0, 0.05) is 24.6 Å². The van der Waals surface area contributed by atoms with E-state index >= 15 is 0 Å². The number of para-hydroxylation sites is 1. The number of hydrogen-bond donors (Lipinski definition) is 0. The molecule has 4 nitrogen and oxygen atoms in total. The van der Waals surface area contributed by atoms with Crippen molar-refractivity contribution in [3.8, 4) is 11.8 Å². The molecule has 2 unspecified atom stereocenters. The maximum Gasteiger partial charge on any atom is 0.416 e. The maximum absolute atomic E-state index is 14.3. The van der Waals surface area contributed by atoms with Gasteiger partial charge in [0.05, 0.1) is 18.7 Å². The molecular formula is C34H29F3N2O2. The van der Waals surface area contributed by atoms with Crippen molar-refractivity contribution in [1.82, 2.24) is 4.90 Å². The second-order valence-corrected chi connectivity index (χ2v) is 10.4. The number of nitriles is 1. The molecule has 0 aromatic heterocycles. The van der Waals surface area contributed by atoms with Crippen molar-refractivity contribution < 1.29 is 22.7 Å². The van der Waals surface area contributed by atoms with Crippen LogP contribution >= 0.6 is 0 Å². The topological polar surface area (TPSA) is 53.3 Å². The lowest BCUT2D eigenvalue weighted by atomic mass is 9.68. The predicted molar refractivity (Wildman–Crippen MR) is 153 cm³/mol. The molecule has 1 aliphatic heterocycles. The minimum Gasteiger partial charge on any atom is -0.496 e. The number of amides is 1. The average molecular weight is 555 g/mol. The fraction of sp³-hybridized carbons (Fsp3) is 0.235. The molecule has 7 heteroatoms. The summed E-state index contributed by atoms with van der Waals surface area (Å²) in [5, 5.41) is 12.6. The van der Waals surface area contributed by atoms with E-state index in [1.807, 2.05) is 66.7 Å². The summed E-state index contributed by atoms with van der Waals surface area (Å²) < 4.78 is 45.5. The number of nitrogens with zero attached hydrogens (tertiary/aromatic N) is 2. The molecule has 4 aromatic rings. The van der Waals surface area contributed by atoms with Gasteiger partial charge in [0.25, 0.3) is 0 Å². The van der Waals surface area contributed by atoms with Crippen molar-refractivity contribution in [2.75, 3.05) is 20.2 Å². The monoisotopic (exact) mass is 554 g/mol. The first kappa shape index (κ1) is 28.0. The van der Waals surface area contributed by atoms with Crippen molar-refractivity contribution in [3.63, 3.8) is 0 Å². The van der Waals surface area contributed by atoms with Crippen LogP contribution in [0, 0.1) is 16.7 Å². The number of hydrogen-bond acceptors (Lipinski definition) is 3. The van der Waals surface area contributed by atoms with Crippen LogP contribution in [0.3, 0.4) is 0 Å². The molecule has 0 aliphatic carbocycles. The van der Waals surface area contributed by atoms with Gasteiger partial charge in [-0.25, -0.2) is 0 Å². The number of methoxy groups -OCH3 is 1. The Bertz CT molecular complexity index is 1670. The zero-order valence-electron chi connectivity index (χ0n) is 22.8. The van der Waals surface area contributed by atoms with E-state index in [1.54, 1.807) is 31.1 Å². The molecule has 0 saturated heterocycles. The summed E-state index contributed by atoms with van der Waals surface area (Å²) in [5.74, 6) is -0.427. The first-order valence-electron chi connectivity index (χ1n) is 13.3. The first-order chi connectivity index (χ1) is 19.7. The number of carbonyl (C=O) groups excluding carboxylic acids is 1. The summed E-state index contributed by atoms with van der Waals surface area (Å²) in [5.41, 5.74) is 0.566. The Kier molecular flexibility index (Phi) is 7.59. The SMILES string of the molecule is COc1ccccc1C(c1cccc2ccccc12)C(C)(C#N)C(=O)N1CC=C(c2cccc(C(F)(F)F)c2)CC1. The molecule has 1 amide bonds. The summed E-state index contributed by atoms with van der Waals surface area (Å²) in [6.45, 7) is 2.14. The number of carbonyl (C=O) groups is 1. The van der Waals surface area contributed by atoms with Crippen LogP contribution < -0.4 is 4.74 Å². The molecule has 0 bridgehead atoms. The molecule has 41 heavy (non-hydrogen) atoms. The molecular weight excluding hydrogens is 525 g/mol. The van der Waals surface area contributed by atoms with E-state index in [0.717, 1.165) is 39.6 Å². The standard InChI is InChI=1S/C34H29F3N2O2/c1-33(22-38,32(40)39-19-17-23(18-20-39)25-11-7-12-26(21-25)34(35,36)37)31(29-14-5-6-16-30(29)41-2)28-15-8-10-24-9-3-4-13-27(24)28/h3-17,21,31H,18-20H2,1-2H3. The van der Waals surface area contributed by atoms with Gasteiger partial charge in [0.2, 0.25) is 5.91 Å². The van der Waals surface area contributed by atoms with Gasteiger partial charge in [-0.05, 0) is 59.0 Å². The summed E-state index contributed by atoms with van der Waals surface area (Å²) >= 11 is 0. The van der Waals surface area contributed by atoms with E-state index in [9.17, 15) is 23.2 Å². The highest BCUT2D eigenvalue weighted by Gasteiger charge is 2.47. The number of halogens is 3. The smallest absolute Gasteiger partial charge is 0.416 e. The van der Waals surface area contributed by atoms with Crippen molar-refractivity contribution in [1.29, 1.82) is 5.26 Å². The summed E-state index contributed by atoms with van der Waals surface area (Å²) in [7, 11) is 1.56. The second kappa shape index (κ2) is 11.1. The normalized spacial score (nSPS) is 15.9. The Hall–Kier alpha value is -4.57. The van der Waals surface area contributed by atoms with E-state index in [-0.39, 0.29) is 19.0 Å². The lowest BCUT2D eigenvalue weighted by molar-refractivity contribution is -0.138. The van der Waals surface area contributed by atoms with Gasteiger partial charge in [0.1, 0.15) is 11.2 Å². The van der Waals surface area contributed by atoms with Crippen molar-refractivity contribution in [2.45, 2.75) is 25.4 Å². The average Bonchev–Trinajstić information content (AvgIpc) is 3.00. The molecule has 0 fully saturated rings. The molecule has 0 radical (unpaired) electrons. The molecule has 5 rings (SSSR count). The lowest BCUT2D eigenvalue weighted by Crippen LogP contribution is -2.46. The van der Waals surface area contributed by atoms with Crippen LogP contribution in [0.4, 0.5) is 13.2 Å². The van der Waals surface area contributed by atoms with Crippen LogP contribution in [-0.2, 0) is 11.0 Å². The second-order valence-electron chi connectivity index (χ2n) is 10.4. The minimum absolute atomic E-state index is 0.190. The Morgan fingerprint density at radius 3 is 2.34 bits per heavy atom. The lowest BCUT2D eigenvalue weighted by Gasteiger charge is -2.38. The van der Waals surface area contributed by atoms with Crippen LogP contribution in [0.2, 0.25) is 0 Å². The molecule has 208 valence electrons. The van der Waals surface area contributed by atoms with Gasteiger partial charge in [-0.15, -0.1) is 0 Å². The van der Waals surface area contributed by atoms with E-state index in [4.69, 9.17) is 4.74 Å². The zero-order chi connectivity index (χ0) is 29.2. The van der Waals surface area contributed by atoms with Gasteiger partial charge < -0.3 is 9.64 Å². The Morgan fingerprint density at radius 2 is 1.63 bits per heavy atom. The summed E-state index contributed by atoms with van der Waals surface area (Å²) in [6, 6.07) is 28.7. The third-order valence-electron chi connectivity index (χ3n) is 7.90. The van der Waals surface area contributed by atoms with Gasteiger partial charge >= 0.3 is 6.18 Å². The highest BCUT2D eigenvalue weighted by atomic mass is 19.4. The van der Waals surface area contributed by atoms with Crippen molar-refractivity contribution in [3.05, 3.63) is 119 Å². The largest absolute Gasteiger partial charge is 0.496 e. The summed E-state index contributed by atoms with van der Waals surface area (Å²) in [4.78, 5) is 15.9. The van der Waals surface area contributed by atoms with Crippen LogP contribution in [-0.4, -0.2) is 31.0 Å². The Balaban J connectivity index is 1.55. The number of fused-ring (bicyclic) bond motifs is 1. The van der Waals surface area contributed by atoms with E-state index < -0.39 is 23.1 Å². The summed E-state index contributed by atoms with van der Waals surface area (Å²) in [6.07, 6.45) is -2.27. The third-order valence-corrected chi connectivity index (χ3v) is 7.90. The molecule has 1 aliphatic rings. The highest BCUT2D eigenvalue weighted by molar-refractivity contribution is 5.92. The van der Waals surface area contributed by atoms with Gasteiger partial charge in [-0.2, -0.15) is 18.4 Å². The predicted octanol–water partition coefficient (Wildman–Crippen LogP) is 7.84. The maximum atomic E-state index is 14.3. The van der Waals surface area contributed by atoms with E-state index in [0.29, 0.717) is 17.7 Å². The minimum atomic E-state index is -4.43. The first-order valence-corrected chi connectivity index (χ1v) is 13.3. The van der Waals surface area contributed by atoms with E-state index in [2.05, 4.69) is 6.07 Å². The van der Waals surface area contributed by atoms with Crippen molar-refractivity contribution >= 4 is 22.3 Å². The van der Waals surface area contributed by atoms with Gasteiger partial charge in [0.15, 0.2) is 0 Å². The van der Waals surface area contributed by atoms with E-state index in [1.165, 1.54) is 6.07 Å². The van der Waals surface area contributed by atoms with Crippen LogP contribution in [0.15, 0.2) is 97.1 Å². The fourth-order valence-electron chi connectivity index (χ4n) is 5.77. The molecule has 1 heterocycles. The number of ether oxygens (including phenoxy) is 1. The quantitative estimate of drug-likeness (QED) is 0.244. The molecule has 4 aromatic carbocycles. The third kappa shape index (κ3) is 5.30. The Morgan fingerprint density at radius 1 is 0.951 bits per heavy atom. The molecule has 0 N–H and O–H groups in total. The Labute approximate surface area is 237 Å². The molecule has 0 spiro atoms. The van der Waals surface area contributed by atoms with Gasteiger partial charge in [-0.1, -0.05) is 78.9 Å². The zero-order valence-corrected chi connectivity index (χ0v) is 22.8. The van der Waals surface area contributed by atoms with Gasteiger partial charge in [-0.3, -0.25) is 4.79 Å². The van der Waals surface area contributed by atoms with Crippen LogP contribution in [0.5, 0.6) is 5.75 Å². The molecule has 2 atom stereocenters. The van der Waals surface area contributed by atoms with Crippen LogP contribution in [0.25, 0.3) is 16.3 Å². The fourth-order valence-corrected chi connectivity index (χ4v) is 5.77. The number of benzene rings is 4.